The molecule has 0 atom stereocenters. The third-order valence-corrected chi connectivity index (χ3v) is 4.45. The molecule has 0 heterocycles. The summed E-state index contributed by atoms with van der Waals surface area (Å²) >= 11 is 0. The number of amides is 3. The van der Waals surface area contributed by atoms with Gasteiger partial charge in [-0.25, -0.2) is 4.79 Å². The van der Waals surface area contributed by atoms with Gasteiger partial charge in [-0.3, -0.25) is 14.4 Å². The van der Waals surface area contributed by atoms with E-state index in [4.69, 9.17) is 4.74 Å². The van der Waals surface area contributed by atoms with Gasteiger partial charge in [-0.05, 0) is 17.5 Å². The van der Waals surface area contributed by atoms with E-state index in [0.29, 0.717) is 6.42 Å². The summed E-state index contributed by atoms with van der Waals surface area (Å²) in [7, 11) is 1.22. The van der Waals surface area contributed by atoms with E-state index in [9.17, 15) is 19.2 Å². The highest BCUT2D eigenvalue weighted by Crippen LogP contribution is 2.03. The number of benzene rings is 2. The van der Waals surface area contributed by atoms with Gasteiger partial charge in [0.25, 0.3) is 0 Å². The van der Waals surface area contributed by atoms with Crippen LogP contribution in [-0.2, 0) is 36.9 Å². The monoisotopic (exact) mass is 441 g/mol. The SMILES string of the molecule is COC(=O)CNC(=O)CN(CCc1ccccc1)C(=O)CNC(=O)OCc1ccccc1. The number of hydrogen-bond donors (Lipinski definition) is 2. The zero-order chi connectivity index (χ0) is 23.2. The average Bonchev–Trinajstić information content (AvgIpc) is 2.83. The molecule has 32 heavy (non-hydrogen) atoms. The molecule has 2 N–H and O–H groups in total. The number of rotatable bonds is 11. The van der Waals surface area contributed by atoms with Gasteiger partial charge in [-0.2, -0.15) is 0 Å². The molecule has 170 valence electrons. The second kappa shape index (κ2) is 13.4. The number of nitrogens with zero attached hydrogens (tertiary/aromatic N) is 1. The van der Waals surface area contributed by atoms with Gasteiger partial charge in [0.15, 0.2) is 0 Å². The van der Waals surface area contributed by atoms with E-state index in [0.717, 1.165) is 11.1 Å². The summed E-state index contributed by atoms with van der Waals surface area (Å²) in [5.41, 5.74) is 1.82. The molecule has 0 aliphatic carbocycles. The summed E-state index contributed by atoms with van der Waals surface area (Å²) in [6.07, 6.45) is -0.213. The smallest absolute Gasteiger partial charge is 0.407 e. The normalized spacial score (nSPS) is 10.0. The fourth-order valence-electron chi connectivity index (χ4n) is 2.71. The molecule has 0 fully saturated rings. The second-order valence-electron chi connectivity index (χ2n) is 6.82. The van der Waals surface area contributed by atoms with E-state index in [1.54, 1.807) is 0 Å². The minimum atomic E-state index is -0.736. The summed E-state index contributed by atoms with van der Waals surface area (Å²) in [4.78, 5) is 49.3. The van der Waals surface area contributed by atoms with Crippen LogP contribution in [0.3, 0.4) is 0 Å². The van der Waals surface area contributed by atoms with Crippen LogP contribution in [0.15, 0.2) is 60.7 Å². The van der Waals surface area contributed by atoms with E-state index < -0.39 is 23.9 Å². The zero-order valence-corrected chi connectivity index (χ0v) is 17.9. The first-order chi connectivity index (χ1) is 15.5. The highest BCUT2D eigenvalue weighted by molar-refractivity contribution is 5.88. The van der Waals surface area contributed by atoms with Gasteiger partial charge >= 0.3 is 12.1 Å². The fraction of sp³-hybridized carbons (Fsp3) is 0.304. The highest BCUT2D eigenvalue weighted by atomic mass is 16.5. The lowest BCUT2D eigenvalue weighted by Gasteiger charge is -2.22. The standard InChI is InChI=1S/C23H27N3O6/c1-31-22(29)15-24-20(27)16-26(13-12-18-8-4-2-5-9-18)21(28)14-25-23(30)32-17-19-10-6-3-7-11-19/h2-11H,12-17H2,1H3,(H,24,27)(H,25,30). The van der Waals surface area contributed by atoms with Crippen molar-refractivity contribution in [1.82, 2.24) is 15.5 Å². The van der Waals surface area contributed by atoms with Crippen molar-refractivity contribution in [2.75, 3.05) is 33.3 Å². The summed E-state index contributed by atoms with van der Waals surface area (Å²) in [5, 5.41) is 4.81. The molecule has 0 aliphatic heterocycles. The minimum absolute atomic E-state index is 0.0779. The van der Waals surface area contributed by atoms with Gasteiger partial charge in [-0.1, -0.05) is 60.7 Å². The van der Waals surface area contributed by atoms with Gasteiger partial charge in [0.05, 0.1) is 13.7 Å². The van der Waals surface area contributed by atoms with Crippen LogP contribution >= 0.6 is 0 Å². The molecule has 9 heteroatoms. The van der Waals surface area contributed by atoms with Crippen LogP contribution in [0.5, 0.6) is 0 Å². The molecule has 0 aliphatic rings. The highest BCUT2D eigenvalue weighted by Gasteiger charge is 2.19. The topological polar surface area (TPSA) is 114 Å². The zero-order valence-electron chi connectivity index (χ0n) is 17.9. The van der Waals surface area contributed by atoms with E-state index in [2.05, 4.69) is 15.4 Å². The van der Waals surface area contributed by atoms with Crippen molar-refractivity contribution in [3.05, 3.63) is 71.8 Å². The predicted molar refractivity (Wildman–Crippen MR) is 116 cm³/mol. The number of hydrogen-bond acceptors (Lipinski definition) is 6. The van der Waals surface area contributed by atoms with Crippen molar-refractivity contribution in [1.29, 1.82) is 0 Å². The van der Waals surface area contributed by atoms with Gasteiger partial charge in [0.2, 0.25) is 11.8 Å². The number of carbonyl (C=O) groups is 4. The Hall–Kier alpha value is -3.88. The quantitative estimate of drug-likeness (QED) is 0.508. The molecule has 0 unspecified atom stereocenters. The second-order valence-corrected chi connectivity index (χ2v) is 6.82. The first-order valence-electron chi connectivity index (χ1n) is 10.1. The molecule has 9 nitrogen and oxygen atoms in total. The number of ether oxygens (including phenoxy) is 2. The third kappa shape index (κ3) is 9.29. The lowest BCUT2D eigenvalue weighted by atomic mass is 10.1. The van der Waals surface area contributed by atoms with Crippen molar-refractivity contribution in [2.24, 2.45) is 0 Å². The maximum absolute atomic E-state index is 12.7. The van der Waals surface area contributed by atoms with E-state index >= 15 is 0 Å². The Kier molecular flexibility index (Phi) is 10.2. The van der Waals surface area contributed by atoms with Crippen LogP contribution in [0.1, 0.15) is 11.1 Å². The van der Waals surface area contributed by atoms with Crippen LogP contribution < -0.4 is 10.6 Å². The van der Waals surface area contributed by atoms with Crippen LogP contribution in [0.4, 0.5) is 4.79 Å². The maximum atomic E-state index is 12.7. The lowest BCUT2D eigenvalue weighted by Crippen LogP contribution is -2.46. The third-order valence-electron chi connectivity index (χ3n) is 4.45. The Labute approximate surface area is 186 Å². The maximum Gasteiger partial charge on any atom is 0.407 e. The van der Waals surface area contributed by atoms with Crippen molar-refractivity contribution in [2.45, 2.75) is 13.0 Å². The minimum Gasteiger partial charge on any atom is -0.468 e. The van der Waals surface area contributed by atoms with Gasteiger partial charge in [0.1, 0.15) is 19.7 Å². The molecule has 0 radical (unpaired) electrons. The number of carbonyl (C=O) groups excluding carboxylic acids is 4. The van der Waals surface area contributed by atoms with Crippen LogP contribution in [0, 0.1) is 0 Å². The molecule has 3 amide bonds. The van der Waals surface area contributed by atoms with E-state index in [1.165, 1.54) is 12.0 Å². The molecule has 2 rings (SSSR count). The predicted octanol–water partition coefficient (Wildman–Crippen LogP) is 1.27. The molecule has 0 bridgehead atoms. The van der Waals surface area contributed by atoms with Crippen molar-refractivity contribution in [3.63, 3.8) is 0 Å². The molecule has 0 spiro atoms. The lowest BCUT2D eigenvalue weighted by molar-refractivity contribution is -0.141. The molecule has 2 aromatic rings. The molecule has 0 saturated carbocycles. The number of esters is 1. The first-order valence-corrected chi connectivity index (χ1v) is 10.1. The van der Waals surface area contributed by atoms with Crippen LogP contribution in [-0.4, -0.2) is 62.1 Å². The van der Waals surface area contributed by atoms with E-state index in [-0.39, 0.29) is 32.8 Å². The Balaban J connectivity index is 1.87. The molecular formula is C23H27N3O6. The largest absolute Gasteiger partial charge is 0.468 e. The number of nitrogens with one attached hydrogen (secondary N) is 2. The molecule has 0 aromatic heterocycles. The van der Waals surface area contributed by atoms with Crippen LogP contribution in [0.25, 0.3) is 0 Å². The average molecular weight is 441 g/mol. The van der Waals surface area contributed by atoms with Crippen molar-refractivity contribution in [3.8, 4) is 0 Å². The summed E-state index contributed by atoms with van der Waals surface area (Å²) in [6.45, 7) is -0.542. The van der Waals surface area contributed by atoms with Crippen molar-refractivity contribution >= 4 is 23.9 Å². The Morgan fingerprint density at radius 1 is 0.844 bits per heavy atom. The molecule has 2 aromatic carbocycles. The summed E-state index contributed by atoms with van der Waals surface area (Å²) in [6, 6.07) is 18.6. The molecule has 0 saturated heterocycles. The number of alkyl carbamates (subject to hydrolysis) is 1. The Morgan fingerprint density at radius 3 is 2.09 bits per heavy atom. The summed E-state index contributed by atoms with van der Waals surface area (Å²) < 4.78 is 9.58. The van der Waals surface area contributed by atoms with Crippen molar-refractivity contribution < 1.29 is 28.7 Å². The van der Waals surface area contributed by atoms with Gasteiger partial charge in [-0.15, -0.1) is 0 Å². The Bertz CT molecular complexity index is 889. The fourth-order valence-corrected chi connectivity index (χ4v) is 2.71. The summed E-state index contributed by atoms with van der Waals surface area (Å²) in [5.74, 6) is -1.56. The van der Waals surface area contributed by atoms with Gasteiger partial charge < -0.3 is 25.0 Å². The Morgan fingerprint density at radius 2 is 1.47 bits per heavy atom. The van der Waals surface area contributed by atoms with Crippen LogP contribution in [0.2, 0.25) is 0 Å². The molecular weight excluding hydrogens is 414 g/mol. The van der Waals surface area contributed by atoms with Gasteiger partial charge in [0, 0.05) is 6.54 Å². The van der Waals surface area contributed by atoms with E-state index in [1.807, 2.05) is 60.7 Å². The number of methoxy groups -OCH3 is 1. The first kappa shape index (κ1) is 24.4.